The number of carbonyl (C=O) groups is 1. The molecule has 27 heavy (non-hydrogen) atoms. The lowest BCUT2D eigenvalue weighted by Crippen LogP contribution is -2.49. The molecule has 0 saturated carbocycles. The van der Waals surface area contributed by atoms with Gasteiger partial charge in [0.05, 0.1) is 12.2 Å². The molecule has 8 heteroatoms. The highest BCUT2D eigenvalue weighted by Gasteiger charge is 2.19. The molecule has 146 valence electrons. The SMILES string of the molecule is O=C(CN1CCN(CCc2cccs2)CC1)Nc1ccccc1OC(F)F. The van der Waals surface area contributed by atoms with Crippen LogP contribution in [0.3, 0.4) is 0 Å². The Morgan fingerprint density at radius 2 is 1.85 bits per heavy atom. The van der Waals surface area contributed by atoms with Gasteiger partial charge < -0.3 is 15.0 Å². The number of halogens is 2. The average Bonchev–Trinajstić information content (AvgIpc) is 3.16. The zero-order chi connectivity index (χ0) is 19.1. The van der Waals surface area contributed by atoms with Crippen LogP contribution in [-0.2, 0) is 11.2 Å². The molecule has 1 aromatic carbocycles. The summed E-state index contributed by atoms with van der Waals surface area (Å²) >= 11 is 1.78. The second-order valence-electron chi connectivity index (χ2n) is 6.37. The van der Waals surface area contributed by atoms with E-state index in [1.165, 1.54) is 10.9 Å². The molecular formula is C19H23F2N3O2S. The summed E-state index contributed by atoms with van der Waals surface area (Å²) in [5.41, 5.74) is 0.261. The molecule has 2 aromatic rings. The van der Waals surface area contributed by atoms with Gasteiger partial charge in [0.25, 0.3) is 0 Å². The lowest BCUT2D eigenvalue weighted by Gasteiger charge is -2.34. The second-order valence-corrected chi connectivity index (χ2v) is 7.40. The van der Waals surface area contributed by atoms with Gasteiger partial charge in [-0.05, 0) is 30.0 Å². The van der Waals surface area contributed by atoms with E-state index in [1.807, 2.05) is 0 Å². The zero-order valence-corrected chi connectivity index (χ0v) is 15.8. The highest BCUT2D eigenvalue weighted by molar-refractivity contribution is 7.09. The molecule has 3 rings (SSSR count). The van der Waals surface area contributed by atoms with Crippen LogP contribution in [0.15, 0.2) is 41.8 Å². The van der Waals surface area contributed by atoms with Crippen LogP contribution in [0.25, 0.3) is 0 Å². The van der Waals surface area contributed by atoms with Crippen LogP contribution in [0.1, 0.15) is 4.88 Å². The number of hydrogen-bond acceptors (Lipinski definition) is 5. The maximum atomic E-state index is 12.5. The molecule has 2 heterocycles. The van der Waals surface area contributed by atoms with E-state index in [0.717, 1.165) is 39.1 Å². The van der Waals surface area contributed by atoms with Crippen LogP contribution in [0, 0.1) is 0 Å². The summed E-state index contributed by atoms with van der Waals surface area (Å²) in [5.74, 6) is -0.258. The number of para-hydroxylation sites is 2. The third kappa shape index (κ3) is 6.27. The minimum absolute atomic E-state index is 0.0285. The van der Waals surface area contributed by atoms with E-state index >= 15 is 0 Å². The molecule has 1 amide bonds. The van der Waals surface area contributed by atoms with Crippen molar-refractivity contribution < 1.29 is 18.3 Å². The predicted octanol–water partition coefficient (Wildman–Crippen LogP) is 3.15. The fraction of sp³-hybridized carbons (Fsp3) is 0.421. The number of rotatable bonds is 8. The van der Waals surface area contributed by atoms with Gasteiger partial charge in [0.15, 0.2) is 0 Å². The molecule has 0 aliphatic carbocycles. The van der Waals surface area contributed by atoms with E-state index < -0.39 is 6.61 Å². The Morgan fingerprint density at radius 1 is 1.11 bits per heavy atom. The predicted molar refractivity (Wildman–Crippen MR) is 103 cm³/mol. The second kappa shape index (κ2) is 9.77. The first kappa shape index (κ1) is 19.7. The first-order valence-corrected chi connectivity index (χ1v) is 9.79. The van der Waals surface area contributed by atoms with Crippen LogP contribution < -0.4 is 10.1 Å². The molecular weight excluding hydrogens is 372 g/mol. The van der Waals surface area contributed by atoms with Gasteiger partial charge in [-0.2, -0.15) is 8.78 Å². The van der Waals surface area contributed by atoms with E-state index in [2.05, 4.69) is 37.4 Å². The van der Waals surface area contributed by atoms with Crippen molar-refractivity contribution in [1.82, 2.24) is 9.80 Å². The minimum Gasteiger partial charge on any atom is -0.433 e. The highest BCUT2D eigenvalue weighted by atomic mass is 32.1. The molecule has 5 nitrogen and oxygen atoms in total. The Bertz CT molecular complexity index is 720. The molecule has 0 unspecified atom stereocenters. The minimum atomic E-state index is -2.93. The number of nitrogens with zero attached hydrogens (tertiary/aromatic N) is 2. The summed E-state index contributed by atoms with van der Waals surface area (Å²) in [6.45, 7) is 1.80. The summed E-state index contributed by atoms with van der Waals surface area (Å²) in [6.07, 6.45) is 1.05. The third-order valence-corrected chi connectivity index (χ3v) is 5.40. The highest BCUT2D eigenvalue weighted by Crippen LogP contribution is 2.25. The number of amides is 1. The van der Waals surface area contributed by atoms with Crippen LogP contribution in [-0.4, -0.2) is 61.6 Å². The maximum absolute atomic E-state index is 12.5. The van der Waals surface area contributed by atoms with E-state index in [-0.39, 0.29) is 23.9 Å². The van der Waals surface area contributed by atoms with E-state index in [0.29, 0.717) is 0 Å². The van der Waals surface area contributed by atoms with Crippen molar-refractivity contribution in [2.45, 2.75) is 13.0 Å². The van der Waals surface area contributed by atoms with Gasteiger partial charge in [-0.25, -0.2) is 0 Å². The molecule has 1 aliphatic heterocycles. The Labute approximate surface area is 161 Å². The van der Waals surface area contributed by atoms with Crippen LogP contribution >= 0.6 is 11.3 Å². The Morgan fingerprint density at radius 3 is 2.56 bits per heavy atom. The van der Waals surface area contributed by atoms with Gasteiger partial charge in [-0.1, -0.05) is 18.2 Å². The molecule has 1 aromatic heterocycles. The number of anilines is 1. The first-order chi connectivity index (χ1) is 13.1. The quantitative estimate of drug-likeness (QED) is 0.746. The van der Waals surface area contributed by atoms with Crippen molar-refractivity contribution in [1.29, 1.82) is 0 Å². The number of piperazine rings is 1. The lowest BCUT2D eigenvalue weighted by atomic mass is 10.2. The number of nitrogens with one attached hydrogen (secondary N) is 1. The third-order valence-electron chi connectivity index (χ3n) is 4.46. The number of benzene rings is 1. The number of thiophene rings is 1. The van der Waals surface area contributed by atoms with E-state index in [4.69, 9.17) is 0 Å². The molecule has 0 spiro atoms. The lowest BCUT2D eigenvalue weighted by molar-refractivity contribution is -0.117. The summed E-state index contributed by atoms with van der Waals surface area (Å²) < 4.78 is 29.3. The van der Waals surface area contributed by atoms with Gasteiger partial charge in [0, 0.05) is 37.6 Å². The topological polar surface area (TPSA) is 44.8 Å². The molecule has 1 fully saturated rings. The van der Waals surface area contributed by atoms with Crippen molar-refractivity contribution in [2.24, 2.45) is 0 Å². The van der Waals surface area contributed by atoms with Gasteiger partial charge in [0.1, 0.15) is 5.75 Å². The van der Waals surface area contributed by atoms with Gasteiger partial charge in [0.2, 0.25) is 5.91 Å². The Kier molecular flexibility index (Phi) is 7.14. The van der Waals surface area contributed by atoms with Crippen LogP contribution in [0.4, 0.5) is 14.5 Å². The molecule has 0 radical (unpaired) electrons. The Balaban J connectivity index is 1.42. The van der Waals surface area contributed by atoms with Crippen LogP contribution in [0.2, 0.25) is 0 Å². The van der Waals surface area contributed by atoms with Crippen molar-refractivity contribution in [3.63, 3.8) is 0 Å². The maximum Gasteiger partial charge on any atom is 0.387 e. The van der Waals surface area contributed by atoms with Crippen LogP contribution in [0.5, 0.6) is 5.75 Å². The molecule has 0 atom stereocenters. The standard InChI is InChI=1S/C19H23F2N3O2S/c20-19(21)26-17-6-2-1-5-16(17)22-18(25)14-24-11-9-23(10-12-24)8-7-15-4-3-13-27-15/h1-6,13,19H,7-12,14H2,(H,22,25). The molecule has 0 bridgehead atoms. The summed E-state index contributed by atoms with van der Waals surface area (Å²) in [6, 6.07) is 10.4. The first-order valence-electron chi connectivity index (χ1n) is 8.91. The number of alkyl halides is 2. The fourth-order valence-electron chi connectivity index (χ4n) is 3.06. The number of hydrogen-bond donors (Lipinski definition) is 1. The summed E-state index contributed by atoms with van der Waals surface area (Å²) in [4.78, 5) is 18.1. The monoisotopic (exact) mass is 395 g/mol. The van der Waals surface area contributed by atoms with Crippen molar-refractivity contribution in [3.8, 4) is 5.75 Å². The smallest absolute Gasteiger partial charge is 0.387 e. The fourth-order valence-corrected chi connectivity index (χ4v) is 3.75. The van der Waals surface area contributed by atoms with Gasteiger partial charge in [-0.3, -0.25) is 9.69 Å². The summed E-state index contributed by atoms with van der Waals surface area (Å²) in [5, 5.41) is 4.76. The van der Waals surface area contributed by atoms with Crippen molar-refractivity contribution in [3.05, 3.63) is 46.7 Å². The van der Waals surface area contributed by atoms with Gasteiger partial charge in [-0.15, -0.1) is 11.3 Å². The van der Waals surface area contributed by atoms with E-state index in [1.54, 1.807) is 29.5 Å². The van der Waals surface area contributed by atoms with E-state index in [9.17, 15) is 13.6 Å². The zero-order valence-electron chi connectivity index (χ0n) is 14.9. The molecule has 1 aliphatic rings. The van der Waals surface area contributed by atoms with Crippen molar-refractivity contribution >= 4 is 22.9 Å². The van der Waals surface area contributed by atoms with Gasteiger partial charge >= 0.3 is 6.61 Å². The Hall–Kier alpha value is -2.03. The number of carbonyl (C=O) groups excluding carboxylic acids is 1. The number of ether oxygens (including phenoxy) is 1. The molecule has 1 saturated heterocycles. The molecule has 1 N–H and O–H groups in total. The summed E-state index contributed by atoms with van der Waals surface area (Å²) in [7, 11) is 0. The largest absolute Gasteiger partial charge is 0.433 e. The van der Waals surface area contributed by atoms with Crippen molar-refractivity contribution in [2.75, 3.05) is 44.6 Å². The normalized spacial score (nSPS) is 15.8. The average molecular weight is 395 g/mol.